The molecule has 2 aromatic carbocycles. The predicted octanol–water partition coefficient (Wildman–Crippen LogP) is 5.86. The molecule has 0 saturated carbocycles. The van der Waals surface area contributed by atoms with E-state index in [4.69, 9.17) is 22.8 Å². The van der Waals surface area contributed by atoms with Crippen LogP contribution in [-0.4, -0.2) is 34.5 Å². The normalized spacial score (nSPS) is 12.8. The molecule has 0 radical (unpaired) electrons. The zero-order chi connectivity index (χ0) is 27.9. The first-order valence-corrected chi connectivity index (χ1v) is 12.6. The van der Waals surface area contributed by atoms with E-state index in [2.05, 4.69) is 16.7 Å². The number of halogens is 1. The second kappa shape index (κ2) is 12.6. The zero-order valence-corrected chi connectivity index (χ0v) is 23.3. The van der Waals surface area contributed by atoms with Crippen LogP contribution < -0.4 is 10.6 Å². The summed E-state index contributed by atoms with van der Waals surface area (Å²) in [7, 11) is 0. The Kier molecular flexibility index (Phi) is 10.2. The fourth-order valence-electron chi connectivity index (χ4n) is 3.70. The van der Waals surface area contributed by atoms with Crippen molar-refractivity contribution in [3.63, 3.8) is 0 Å². The Morgan fingerprint density at radius 3 is 2.22 bits per heavy atom. The highest BCUT2D eigenvalue weighted by atomic mass is 35.5. The molecule has 8 heteroatoms. The van der Waals surface area contributed by atoms with Crippen LogP contribution in [0.4, 0.5) is 10.5 Å². The molecule has 2 rings (SSSR count). The van der Waals surface area contributed by atoms with Gasteiger partial charge in [0.1, 0.15) is 17.7 Å². The number of alkyl carbamates (subject to hydrolysis) is 1. The number of hydrogen-bond donors (Lipinski definition) is 2. The third kappa shape index (κ3) is 7.99. The summed E-state index contributed by atoms with van der Waals surface area (Å²) in [4.78, 5) is 41.0. The maximum atomic E-state index is 13.8. The van der Waals surface area contributed by atoms with Crippen LogP contribution in [0.3, 0.4) is 0 Å². The number of aryl methyl sites for hydroxylation is 2. The first kappa shape index (κ1) is 29.7. The number of ether oxygens (including phenoxy) is 1. The van der Waals surface area contributed by atoms with Gasteiger partial charge in [-0.1, -0.05) is 75.2 Å². The molecular formula is C29H36ClN3O4. The van der Waals surface area contributed by atoms with Crippen LogP contribution >= 0.6 is 11.6 Å². The van der Waals surface area contributed by atoms with Crippen LogP contribution in [0.5, 0.6) is 0 Å². The van der Waals surface area contributed by atoms with Crippen molar-refractivity contribution in [3.8, 4) is 12.5 Å². The second-order valence-electron chi connectivity index (χ2n) is 10.1. The lowest BCUT2D eigenvalue weighted by atomic mass is 9.98. The number of terminal acetylenes is 1. The molecule has 7 nitrogen and oxygen atoms in total. The Bertz CT molecular complexity index is 1140. The summed E-state index contributed by atoms with van der Waals surface area (Å²) in [5.74, 6) is -1.49. The van der Waals surface area contributed by atoms with Gasteiger partial charge in [-0.3, -0.25) is 14.5 Å². The molecule has 0 saturated heterocycles. The molecule has 198 valence electrons. The number of para-hydroxylation sites is 1. The van der Waals surface area contributed by atoms with E-state index in [1.165, 1.54) is 0 Å². The minimum atomic E-state index is -1.18. The third-order valence-electron chi connectivity index (χ3n) is 5.66. The number of nitrogens with zero attached hydrogens (tertiary/aromatic N) is 1. The van der Waals surface area contributed by atoms with E-state index < -0.39 is 35.6 Å². The van der Waals surface area contributed by atoms with Crippen molar-refractivity contribution in [2.24, 2.45) is 5.92 Å². The van der Waals surface area contributed by atoms with E-state index in [0.29, 0.717) is 16.3 Å². The second-order valence-corrected chi connectivity index (χ2v) is 10.5. The maximum Gasteiger partial charge on any atom is 0.408 e. The van der Waals surface area contributed by atoms with Gasteiger partial charge in [-0.15, -0.1) is 0 Å². The summed E-state index contributed by atoms with van der Waals surface area (Å²) in [6.45, 7) is 12.6. The number of rotatable bonds is 8. The van der Waals surface area contributed by atoms with Gasteiger partial charge in [-0.2, -0.15) is 0 Å². The van der Waals surface area contributed by atoms with Crippen molar-refractivity contribution in [3.05, 3.63) is 64.2 Å². The lowest BCUT2D eigenvalue weighted by Gasteiger charge is -2.32. The molecule has 0 bridgehead atoms. The molecular weight excluding hydrogens is 490 g/mol. The number of nitrogens with one attached hydrogen (secondary N) is 2. The van der Waals surface area contributed by atoms with Gasteiger partial charge in [0, 0.05) is 6.04 Å². The highest BCUT2D eigenvalue weighted by Crippen LogP contribution is 2.29. The van der Waals surface area contributed by atoms with Crippen LogP contribution in [0.1, 0.15) is 64.3 Å². The van der Waals surface area contributed by atoms with Crippen molar-refractivity contribution in [1.82, 2.24) is 10.2 Å². The lowest BCUT2D eigenvalue weighted by Crippen LogP contribution is -2.53. The molecule has 37 heavy (non-hydrogen) atoms. The number of anilines is 1. The van der Waals surface area contributed by atoms with E-state index in [-0.39, 0.29) is 5.92 Å². The summed E-state index contributed by atoms with van der Waals surface area (Å²) in [5, 5.41) is 5.82. The van der Waals surface area contributed by atoms with Crippen LogP contribution in [0, 0.1) is 25.3 Å². The molecule has 0 aliphatic heterocycles. The van der Waals surface area contributed by atoms with Crippen LogP contribution in [0.25, 0.3) is 0 Å². The quantitative estimate of drug-likeness (QED) is 0.334. The first-order chi connectivity index (χ1) is 17.3. The Morgan fingerprint density at radius 2 is 1.73 bits per heavy atom. The molecule has 0 heterocycles. The molecule has 2 unspecified atom stereocenters. The molecule has 2 atom stereocenters. The van der Waals surface area contributed by atoms with Gasteiger partial charge < -0.3 is 15.4 Å². The Morgan fingerprint density at radius 1 is 1.11 bits per heavy atom. The smallest absolute Gasteiger partial charge is 0.408 e. The fourth-order valence-corrected chi connectivity index (χ4v) is 3.97. The number of amides is 3. The Balaban J connectivity index is 2.50. The van der Waals surface area contributed by atoms with Crippen molar-refractivity contribution in [1.29, 1.82) is 0 Å². The third-order valence-corrected chi connectivity index (χ3v) is 5.98. The number of benzene rings is 2. The zero-order valence-electron chi connectivity index (χ0n) is 22.5. The minimum Gasteiger partial charge on any atom is -0.444 e. The fraction of sp³-hybridized carbons (Fsp3) is 0.414. The van der Waals surface area contributed by atoms with Gasteiger partial charge in [-0.05, 0) is 62.8 Å². The van der Waals surface area contributed by atoms with Crippen LogP contribution in [0.15, 0.2) is 42.5 Å². The lowest BCUT2D eigenvalue weighted by molar-refractivity contribution is -0.137. The molecule has 0 spiro atoms. The summed E-state index contributed by atoms with van der Waals surface area (Å²) in [5.41, 5.74) is 2.02. The number of carbonyl (C=O) groups is 3. The van der Waals surface area contributed by atoms with Gasteiger partial charge in [0.2, 0.25) is 0 Å². The van der Waals surface area contributed by atoms with Crippen molar-refractivity contribution >= 4 is 35.2 Å². The molecule has 0 aromatic heterocycles. The van der Waals surface area contributed by atoms with Gasteiger partial charge in [0.25, 0.3) is 11.8 Å². The highest BCUT2D eigenvalue weighted by molar-refractivity contribution is 6.34. The molecule has 3 amide bonds. The van der Waals surface area contributed by atoms with Gasteiger partial charge in [0.15, 0.2) is 0 Å². The summed E-state index contributed by atoms with van der Waals surface area (Å²) in [6.07, 6.45) is 5.89. The van der Waals surface area contributed by atoms with Gasteiger partial charge in [-0.25, -0.2) is 4.79 Å². The van der Waals surface area contributed by atoms with E-state index in [9.17, 15) is 14.4 Å². The Hall–Kier alpha value is -3.50. The van der Waals surface area contributed by atoms with E-state index in [1.54, 1.807) is 58.9 Å². The van der Waals surface area contributed by atoms with Crippen LogP contribution in [0.2, 0.25) is 5.02 Å². The van der Waals surface area contributed by atoms with Crippen molar-refractivity contribution < 1.29 is 19.1 Å². The highest BCUT2D eigenvalue weighted by Gasteiger charge is 2.37. The topological polar surface area (TPSA) is 87.7 Å². The van der Waals surface area contributed by atoms with Crippen LogP contribution in [-0.2, 0) is 20.7 Å². The summed E-state index contributed by atoms with van der Waals surface area (Å²) in [6, 6.07) is 12.7. The monoisotopic (exact) mass is 525 g/mol. The Labute approximate surface area is 224 Å². The number of hydrogen-bond acceptors (Lipinski definition) is 4. The largest absolute Gasteiger partial charge is 0.444 e. The predicted molar refractivity (Wildman–Crippen MR) is 147 cm³/mol. The maximum absolute atomic E-state index is 13.8. The minimum absolute atomic E-state index is 0.340. The summed E-state index contributed by atoms with van der Waals surface area (Å²) >= 11 is 6.34. The number of carbonyl (C=O) groups excluding carboxylic acids is 3. The molecule has 2 aromatic rings. The summed E-state index contributed by atoms with van der Waals surface area (Å²) < 4.78 is 5.34. The molecule has 0 aliphatic rings. The average Bonchev–Trinajstić information content (AvgIpc) is 2.81. The van der Waals surface area contributed by atoms with Crippen molar-refractivity contribution in [2.75, 3.05) is 5.32 Å². The van der Waals surface area contributed by atoms with Crippen molar-refractivity contribution in [2.45, 2.75) is 72.6 Å². The first-order valence-electron chi connectivity index (χ1n) is 12.2. The van der Waals surface area contributed by atoms with E-state index >= 15 is 0 Å². The molecule has 2 N–H and O–H groups in total. The van der Waals surface area contributed by atoms with E-state index in [1.807, 2.05) is 32.0 Å². The SMILES string of the molecule is C#CN(C(=O)C(NC(=O)OC(C)(C)C)C(C)C)C(C(=O)Nc1c(C)cccc1Cl)c1ccc(CC)cc1. The molecule has 0 aliphatic carbocycles. The standard InChI is InChI=1S/C29H36ClN3O4/c1-9-20-14-16-21(17-15-20)25(26(34)31-24-19(5)12-11-13-22(24)30)33(10-2)27(35)23(18(3)4)32-28(36)37-29(6,7)8/h2,11-18,23,25H,9H2,1,3-8H3,(H,31,34)(H,32,36). The van der Waals surface area contributed by atoms with Gasteiger partial charge in [0.05, 0.1) is 10.7 Å². The van der Waals surface area contributed by atoms with Gasteiger partial charge >= 0.3 is 6.09 Å². The van der Waals surface area contributed by atoms with E-state index in [0.717, 1.165) is 22.4 Å². The average molecular weight is 526 g/mol. The molecule has 0 fully saturated rings.